The molecule has 1 aromatic rings. The van der Waals surface area contributed by atoms with E-state index in [1.165, 1.54) is 11.3 Å². The van der Waals surface area contributed by atoms with E-state index in [0.717, 1.165) is 50.5 Å². The van der Waals surface area contributed by atoms with Crippen molar-refractivity contribution in [3.63, 3.8) is 0 Å². The fourth-order valence-corrected chi connectivity index (χ4v) is 2.54. The lowest BCUT2D eigenvalue weighted by Crippen LogP contribution is -2.25. The number of halogens is 1. The van der Waals surface area contributed by atoms with E-state index in [2.05, 4.69) is 49.2 Å². The molecular weight excluding hydrogens is 256 g/mol. The molecule has 0 aliphatic rings. The Morgan fingerprint density at radius 3 is 2.26 bits per heavy atom. The summed E-state index contributed by atoms with van der Waals surface area (Å²) in [5.41, 5.74) is 2.43. The molecule has 0 amide bonds. The van der Waals surface area contributed by atoms with Crippen LogP contribution in [0.5, 0.6) is 0 Å². The van der Waals surface area contributed by atoms with Crippen LogP contribution in [0.4, 0.5) is 5.69 Å². The molecule has 1 N–H and O–H groups in total. The van der Waals surface area contributed by atoms with Crippen molar-refractivity contribution in [1.29, 1.82) is 0 Å². The van der Waals surface area contributed by atoms with Crippen molar-refractivity contribution in [2.45, 2.75) is 46.6 Å². The molecule has 1 aromatic carbocycles. The van der Waals surface area contributed by atoms with Crippen molar-refractivity contribution in [1.82, 2.24) is 5.32 Å². The van der Waals surface area contributed by atoms with Crippen molar-refractivity contribution >= 4 is 17.3 Å². The second-order valence-corrected chi connectivity index (χ2v) is 5.36. The Bertz CT molecular complexity index is 360. The van der Waals surface area contributed by atoms with Gasteiger partial charge in [-0.3, -0.25) is 0 Å². The van der Waals surface area contributed by atoms with Gasteiger partial charge in [-0.2, -0.15) is 0 Å². The highest BCUT2D eigenvalue weighted by Crippen LogP contribution is 2.27. The highest BCUT2D eigenvalue weighted by atomic mass is 35.5. The predicted molar refractivity (Wildman–Crippen MR) is 86.2 cm³/mol. The second kappa shape index (κ2) is 9.22. The van der Waals surface area contributed by atoms with Gasteiger partial charge in [0.2, 0.25) is 0 Å². The van der Waals surface area contributed by atoms with Gasteiger partial charge in [-0.25, -0.2) is 0 Å². The molecule has 0 saturated carbocycles. The Morgan fingerprint density at radius 2 is 1.74 bits per heavy atom. The third kappa shape index (κ3) is 5.42. The molecule has 108 valence electrons. The minimum absolute atomic E-state index is 0.873. The van der Waals surface area contributed by atoms with Crippen molar-refractivity contribution in [3.05, 3.63) is 28.8 Å². The molecule has 19 heavy (non-hydrogen) atoms. The molecule has 0 heterocycles. The van der Waals surface area contributed by atoms with Gasteiger partial charge in [-0.15, -0.1) is 0 Å². The molecule has 0 spiro atoms. The van der Waals surface area contributed by atoms with E-state index < -0.39 is 0 Å². The zero-order valence-corrected chi connectivity index (χ0v) is 13.3. The van der Waals surface area contributed by atoms with Gasteiger partial charge in [0.25, 0.3) is 0 Å². The lowest BCUT2D eigenvalue weighted by atomic mass is 10.1. The fraction of sp³-hybridized carbons (Fsp3) is 0.625. The summed E-state index contributed by atoms with van der Waals surface area (Å²) in [6.07, 6.45) is 3.46. The summed E-state index contributed by atoms with van der Waals surface area (Å²) < 4.78 is 0. The van der Waals surface area contributed by atoms with Crippen LogP contribution < -0.4 is 10.2 Å². The molecule has 0 radical (unpaired) electrons. The number of hydrogen-bond donors (Lipinski definition) is 1. The van der Waals surface area contributed by atoms with E-state index in [-0.39, 0.29) is 0 Å². The normalized spacial score (nSPS) is 10.7. The Labute approximate surface area is 123 Å². The summed E-state index contributed by atoms with van der Waals surface area (Å²) in [5.74, 6) is 0. The van der Waals surface area contributed by atoms with Crippen molar-refractivity contribution < 1.29 is 0 Å². The maximum atomic E-state index is 6.44. The molecule has 0 aromatic heterocycles. The summed E-state index contributed by atoms with van der Waals surface area (Å²) in [7, 11) is 0. The maximum Gasteiger partial charge on any atom is 0.0642 e. The lowest BCUT2D eigenvalue weighted by molar-refractivity contribution is 0.675. The van der Waals surface area contributed by atoms with E-state index in [4.69, 9.17) is 11.6 Å². The van der Waals surface area contributed by atoms with Gasteiger partial charge < -0.3 is 10.2 Å². The molecule has 0 fully saturated rings. The van der Waals surface area contributed by atoms with Crippen molar-refractivity contribution in [3.8, 4) is 0 Å². The van der Waals surface area contributed by atoms with Crippen LogP contribution >= 0.6 is 11.6 Å². The average Bonchev–Trinajstić information content (AvgIpc) is 2.39. The molecule has 0 aliphatic heterocycles. The van der Waals surface area contributed by atoms with Gasteiger partial charge >= 0.3 is 0 Å². The average molecular weight is 283 g/mol. The van der Waals surface area contributed by atoms with E-state index >= 15 is 0 Å². The van der Waals surface area contributed by atoms with Crippen LogP contribution in [0.3, 0.4) is 0 Å². The topological polar surface area (TPSA) is 15.3 Å². The van der Waals surface area contributed by atoms with Crippen molar-refractivity contribution in [2.24, 2.45) is 0 Å². The summed E-state index contributed by atoms with van der Waals surface area (Å²) >= 11 is 6.44. The zero-order chi connectivity index (χ0) is 14.1. The highest BCUT2D eigenvalue weighted by Gasteiger charge is 2.09. The van der Waals surface area contributed by atoms with E-state index in [1.54, 1.807) is 0 Å². The maximum absolute atomic E-state index is 6.44. The SMILES string of the molecule is CCCNCc1ccc(N(CCC)CCC)c(Cl)c1. The molecule has 0 atom stereocenters. The Balaban J connectivity index is 2.73. The van der Waals surface area contributed by atoms with Gasteiger partial charge in [0.05, 0.1) is 10.7 Å². The molecular formula is C16H27ClN2. The molecule has 2 nitrogen and oxygen atoms in total. The van der Waals surface area contributed by atoms with Crippen LogP contribution in [0.1, 0.15) is 45.6 Å². The van der Waals surface area contributed by atoms with Crippen LogP contribution in [0.2, 0.25) is 5.02 Å². The molecule has 3 heteroatoms. The van der Waals surface area contributed by atoms with Crippen LogP contribution in [-0.4, -0.2) is 19.6 Å². The Morgan fingerprint density at radius 1 is 1.05 bits per heavy atom. The van der Waals surface area contributed by atoms with Crippen LogP contribution in [0.25, 0.3) is 0 Å². The van der Waals surface area contributed by atoms with Gasteiger partial charge in [-0.05, 0) is 43.5 Å². The van der Waals surface area contributed by atoms with Crippen molar-refractivity contribution in [2.75, 3.05) is 24.5 Å². The number of hydrogen-bond acceptors (Lipinski definition) is 2. The summed E-state index contributed by atoms with van der Waals surface area (Å²) in [6.45, 7) is 10.7. The highest BCUT2D eigenvalue weighted by molar-refractivity contribution is 6.33. The third-order valence-corrected chi connectivity index (χ3v) is 3.40. The first-order chi connectivity index (χ1) is 9.22. The van der Waals surface area contributed by atoms with Gasteiger partial charge in [-0.1, -0.05) is 38.4 Å². The molecule has 1 rings (SSSR count). The number of benzene rings is 1. The van der Waals surface area contributed by atoms with E-state index in [0.29, 0.717) is 0 Å². The molecule has 0 bridgehead atoms. The first-order valence-corrected chi connectivity index (χ1v) is 7.84. The number of nitrogens with one attached hydrogen (secondary N) is 1. The minimum Gasteiger partial charge on any atom is -0.370 e. The Kier molecular flexibility index (Phi) is 7.92. The zero-order valence-electron chi connectivity index (χ0n) is 12.5. The van der Waals surface area contributed by atoms with Crippen LogP contribution in [0, 0.1) is 0 Å². The second-order valence-electron chi connectivity index (χ2n) is 4.95. The monoisotopic (exact) mass is 282 g/mol. The van der Waals surface area contributed by atoms with Crippen LogP contribution in [0.15, 0.2) is 18.2 Å². The first kappa shape index (κ1) is 16.3. The number of nitrogens with zero attached hydrogens (tertiary/aromatic N) is 1. The largest absolute Gasteiger partial charge is 0.370 e. The van der Waals surface area contributed by atoms with Crippen LogP contribution in [-0.2, 0) is 6.54 Å². The van der Waals surface area contributed by atoms with E-state index in [1.807, 2.05) is 0 Å². The molecule has 0 saturated heterocycles. The summed E-state index contributed by atoms with van der Waals surface area (Å²) in [6, 6.07) is 6.44. The predicted octanol–water partition coefficient (Wildman–Crippen LogP) is 4.47. The summed E-state index contributed by atoms with van der Waals surface area (Å²) in [5, 5.41) is 4.28. The summed E-state index contributed by atoms with van der Waals surface area (Å²) in [4.78, 5) is 2.38. The first-order valence-electron chi connectivity index (χ1n) is 7.47. The standard InChI is InChI=1S/C16H27ClN2/c1-4-9-18-13-14-7-8-16(15(17)12-14)19(10-5-2)11-6-3/h7-8,12,18H,4-6,9-11,13H2,1-3H3. The molecule has 0 aliphatic carbocycles. The third-order valence-electron chi connectivity index (χ3n) is 3.10. The fourth-order valence-electron chi connectivity index (χ4n) is 2.22. The minimum atomic E-state index is 0.873. The smallest absolute Gasteiger partial charge is 0.0642 e. The quantitative estimate of drug-likeness (QED) is 0.673. The van der Waals surface area contributed by atoms with Gasteiger partial charge in [0.15, 0.2) is 0 Å². The number of rotatable bonds is 9. The van der Waals surface area contributed by atoms with Gasteiger partial charge in [0, 0.05) is 19.6 Å². The number of anilines is 1. The molecule has 0 unspecified atom stereocenters. The van der Waals surface area contributed by atoms with E-state index in [9.17, 15) is 0 Å². The van der Waals surface area contributed by atoms with Gasteiger partial charge in [0.1, 0.15) is 0 Å². The lowest BCUT2D eigenvalue weighted by Gasteiger charge is -2.25. The Hall–Kier alpha value is -0.730.